The topological polar surface area (TPSA) is 46.9 Å². The Hall–Kier alpha value is -1.58. The van der Waals surface area contributed by atoms with E-state index in [9.17, 15) is 4.79 Å². The van der Waals surface area contributed by atoms with E-state index in [2.05, 4.69) is 16.5 Å². The molecular formula is C15H23N3O. The molecule has 0 spiro atoms. The molecule has 1 aliphatic carbocycles. The van der Waals surface area contributed by atoms with E-state index in [-0.39, 0.29) is 11.9 Å². The lowest BCUT2D eigenvalue weighted by atomic mass is 10.1. The van der Waals surface area contributed by atoms with Crippen molar-refractivity contribution in [3.8, 4) is 0 Å². The highest BCUT2D eigenvalue weighted by atomic mass is 16.1. The van der Waals surface area contributed by atoms with Gasteiger partial charge in [0.05, 0.1) is 11.7 Å². The molecule has 1 aromatic rings. The average Bonchev–Trinajstić information content (AvgIpc) is 2.88. The van der Waals surface area contributed by atoms with Gasteiger partial charge in [0.1, 0.15) is 0 Å². The Labute approximate surface area is 114 Å². The molecule has 2 rings (SSSR count). The molecule has 1 amide bonds. The van der Waals surface area contributed by atoms with Crippen molar-refractivity contribution in [1.82, 2.24) is 15.1 Å². The Bertz CT molecular complexity index is 514. The molecule has 0 saturated carbocycles. The third-order valence-electron chi connectivity index (χ3n) is 3.90. The second-order valence-electron chi connectivity index (χ2n) is 5.43. The summed E-state index contributed by atoms with van der Waals surface area (Å²) in [5.41, 5.74) is 4.53. The molecule has 1 heterocycles. The molecule has 4 heteroatoms. The zero-order valence-electron chi connectivity index (χ0n) is 12.3. The first-order chi connectivity index (χ1) is 8.99. The Morgan fingerprint density at radius 1 is 1.53 bits per heavy atom. The number of carbonyl (C=O) groups is 1. The van der Waals surface area contributed by atoms with E-state index in [0.29, 0.717) is 6.42 Å². The predicted molar refractivity (Wildman–Crippen MR) is 75.8 cm³/mol. The van der Waals surface area contributed by atoms with Gasteiger partial charge in [0.15, 0.2) is 0 Å². The normalized spacial score (nSPS) is 16.3. The summed E-state index contributed by atoms with van der Waals surface area (Å²) in [6.07, 6.45) is 6.14. The first kappa shape index (κ1) is 13.8. The van der Waals surface area contributed by atoms with E-state index in [1.165, 1.54) is 12.0 Å². The van der Waals surface area contributed by atoms with Crippen LogP contribution >= 0.6 is 0 Å². The number of nitrogens with one attached hydrogen (secondary N) is 1. The minimum absolute atomic E-state index is 0.0169. The number of allylic oxidation sites excluding steroid dienone is 1. The fourth-order valence-electron chi connectivity index (χ4n) is 2.89. The van der Waals surface area contributed by atoms with Gasteiger partial charge in [-0.1, -0.05) is 11.6 Å². The molecule has 0 radical (unpaired) electrons. The number of rotatable bonds is 4. The number of nitrogens with zero attached hydrogens (tertiary/aromatic N) is 2. The summed E-state index contributed by atoms with van der Waals surface area (Å²) in [5, 5.41) is 7.48. The van der Waals surface area contributed by atoms with Crippen molar-refractivity contribution < 1.29 is 4.79 Å². The Morgan fingerprint density at radius 2 is 2.26 bits per heavy atom. The standard InChI is InChI=1S/C15H23N3O/c1-10(15-11(2)17-18(4)12(15)3)16-14(19)9-13-7-5-6-8-13/h7,10H,5-6,8-9H2,1-4H3,(H,16,19). The average molecular weight is 261 g/mol. The summed E-state index contributed by atoms with van der Waals surface area (Å²) < 4.78 is 1.87. The van der Waals surface area contributed by atoms with Crippen LogP contribution in [0.2, 0.25) is 0 Å². The van der Waals surface area contributed by atoms with Crippen molar-refractivity contribution in [1.29, 1.82) is 0 Å². The molecule has 104 valence electrons. The third kappa shape index (κ3) is 3.06. The first-order valence-electron chi connectivity index (χ1n) is 6.96. The summed E-state index contributed by atoms with van der Waals surface area (Å²) in [7, 11) is 1.93. The minimum Gasteiger partial charge on any atom is -0.349 e. The van der Waals surface area contributed by atoms with E-state index < -0.39 is 0 Å². The fourth-order valence-corrected chi connectivity index (χ4v) is 2.89. The number of hydrogen-bond donors (Lipinski definition) is 1. The van der Waals surface area contributed by atoms with Gasteiger partial charge < -0.3 is 5.32 Å². The lowest BCUT2D eigenvalue weighted by Crippen LogP contribution is -2.27. The van der Waals surface area contributed by atoms with Crippen LogP contribution in [0.3, 0.4) is 0 Å². The van der Waals surface area contributed by atoms with Crippen LogP contribution in [0.4, 0.5) is 0 Å². The minimum atomic E-state index is 0.0169. The number of amides is 1. The molecule has 0 aromatic carbocycles. The zero-order chi connectivity index (χ0) is 14.0. The van der Waals surface area contributed by atoms with Crippen LogP contribution in [0.15, 0.2) is 11.6 Å². The van der Waals surface area contributed by atoms with Crippen molar-refractivity contribution >= 4 is 5.91 Å². The SMILES string of the molecule is Cc1nn(C)c(C)c1C(C)NC(=O)CC1=CCCC1. The Balaban J connectivity index is 2.00. The quantitative estimate of drug-likeness (QED) is 0.847. The lowest BCUT2D eigenvalue weighted by Gasteiger charge is -2.15. The van der Waals surface area contributed by atoms with Crippen molar-refractivity contribution in [3.63, 3.8) is 0 Å². The van der Waals surface area contributed by atoms with Crippen LogP contribution in [0.5, 0.6) is 0 Å². The van der Waals surface area contributed by atoms with Gasteiger partial charge in [-0.05, 0) is 40.0 Å². The molecule has 0 saturated heterocycles. The van der Waals surface area contributed by atoms with Gasteiger partial charge in [-0.15, -0.1) is 0 Å². The van der Waals surface area contributed by atoms with Crippen molar-refractivity contribution in [2.45, 2.75) is 52.5 Å². The number of hydrogen-bond acceptors (Lipinski definition) is 2. The van der Waals surface area contributed by atoms with Gasteiger partial charge >= 0.3 is 0 Å². The predicted octanol–water partition coefficient (Wildman–Crippen LogP) is 2.71. The van der Waals surface area contributed by atoms with Crippen LogP contribution in [-0.2, 0) is 11.8 Å². The second kappa shape index (κ2) is 5.59. The second-order valence-corrected chi connectivity index (χ2v) is 5.43. The van der Waals surface area contributed by atoms with Gasteiger partial charge in [-0.3, -0.25) is 9.48 Å². The molecule has 1 N–H and O–H groups in total. The van der Waals surface area contributed by atoms with Gasteiger partial charge in [-0.25, -0.2) is 0 Å². The summed E-state index contributed by atoms with van der Waals surface area (Å²) in [6.45, 7) is 6.06. The molecule has 4 nitrogen and oxygen atoms in total. The molecule has 1 unspecified atom stereocenters. The van der Waals surface area contributed by atoms with E-state index in [1.807, 2.05) is 32.5 Å². The maximum atomic E-state index is 12.0. The molecule has 1 aromatic heterocycles. The molecular weight excluding hydrogens is 238 g/mol. The van der Waals surface area contributed by atoms with Gasteiger partial charge in [0.2, 0.25) is 5.91 Å². The highest BCUT2D eigenvalue weighted by Crippen LogP contribution is 2.23. The van der Waals surface area contributed by atoms with Crippen LogP contribution < -0.4 is 5.32 Å². The summed E-state index contributed by atoms with van der Waals surface area (Å²) in [5.74, 6) is 0.114. The van der Waals surface area contributed by atoms with Gasteiger partial charge in [-0.2, -0.15) is 5.10 Å². The fraction of sp³-hybridized carbons (Fsp3) is 0.600. The molecule has 19 heavy (non-hydrogen) atoms. The third-order valence-corrected chi connectivity index (χ3v) is 3.90. The van der Waals surface area contributed by atoms with Crippen LogP contribution in [0, 0.1) is 13.8 Å². The molecule has 1 atom stereocenters. The monoisotopic (exact) mass is 261 g/mol. The Kier molecular flexibility index (Phi) is 4.08. The van der Waals surface area contributed by atoms with E-state index in [4.69, 9.17) is 0 Å². The maximum Gasteiger partial charge on any atom is 0.224 e. The summed E-state index contributed by atoms with van der Waals surface area (Å²) >= 11 is 0. The number of carbonyl (C=O) groups excluding carboxylic acids is 1. The number of aromatic nitrogens is 2. The molecule has 0 aliphatic heterocycles. The molecule has 0 bridgehead atoms. The molecule has 0 fully saturated rings. The highest BCUT2D eigenvalue weighted by Gasteiger charge is 2.18. The highest BCUT2D eigenvalue weighted by molar-refractivity contribution is 5.79. The van der Waals surface area contributed by atoms with E-state index in [1.54, 1.807) is 0 Å². The Morgan fingerprint density at radius 3 is 2.79 bits per heavy atom. The van der Waals surface area contributed by atoms with Crippen LogP contribution in [0.1, 0.15) is 55.6 Å². The van der Waals surface area contributed by atoms with Crippen molar-refractivity contribution in [3.05, 3.63) is 28.6 Å². The van der Waals surface area contributed by atoms with Gasteiger partial charge in [0, 0.05) is 24.7 Å². The van der Waals surface area contributed by atoms with Crippen molar-refractivity contribution in [2.24, 2.45) is 7.05 Å². The first-order valence-corrected chi connectivity index (χ1v) is 6.96. The lowest BCUT2D eigenvalue weighted by molar-refractivity contribution is -0.121. The summed E-state index contributed by atoms with van der Waals surface area (Å²) in [6, 6.07) is 0.0169. The summed E-state index contributed by atoms with van der Waals surface area (Å²) in [4.78, 5) is 12.0. The maximum absolute atomic E-state index is 12.0. The largest absolute Gasteiger partial charge is 0.349 e. The smallest absolute Gasteiger partial charge is 0.224 e. The van der Waals surface area contributed by atoms with E-state index >= 15 is 0 Å². The van der Waals surface area contributed by atoms with Crippen molar-refractivity contribution in [2.75, 3.05) is 0 Å². The zero-order valence-corrected chi connectivity index (χ0v) is 12.3. The van der Waals surface area contributed by atoms with Crippen LogP contribution in [0.25, 0.3) is 0 Å². The van der Waals surface area contributed by atoms with Crippen LogP contribution in [-0.4, -0.2) is 15.7 Å². The molecule has 1 aliphatic rings. The number of aryl methyl sites for hydroxylation is 2. The van der Waals surface area contributed by atoms with Gasteiger partial charge in [0.25, 0.3) is 0 Å². The van der Waals surface area contributed by atoms with E-state index in [0.717, 1.165) is 29.8 Å².